The molecule has 4 nitrogen and oxygen atoms in total. The molecule has 0 bridgehead atoms. The van der Waals surface area contributed by atoms with E-state index in [1.807, 2.05) is 45.9 Å². The number of hydrogen-bond donors (Lipinski definition) is 2. The van der Waals surface area contributed by atoms with Crippen LogP contribution in [0.1, 0.15) is 26.3 Å². The van der Waals surface area contributed by atoms with E-state index in [0.717, 1.165) is 5.56 Å². The summed E-state index contributed by atoms with van der Waals surface area (Å²) in [5.41, 5.74) is 1.65. The van der Waals surface area contributed by atoms with Crippen LogP contribution in [0.5, 0.6) is 0 Å². The molecule has 0 aliphatic carbocycles. The first-order valence-corrected chi connectivity index (χ1v) is 6.08. The number of benzene rings is 1. The molecule has 0 aliphatic rings. The lowest BCUT2D eigenvalue weighted by Crippen LogP contribution is -2.32. The number of nitriles is 1. The Morgan fingerprint density at radius 1 is 1.26 bits per heavy atom. The van der Waals surface area contributed by atoms with Crippen LogP contribution in [0, 0.1) is 18.3 Å². The van der Waals surface area contributed by atoms with Gasteiger partial charge in [0, 0.05) is 17.4 Å². The lowest BCUT2D eigenvalue weighted by molar-refractivity contribution is -0.112. The molecule has 0 saturated carbocycles. The van der Waals surface area contributed by atoms with E-state index in [-0.39, 0.29) is 11.1 Å². The first-order chi connectivity index (χ1) is 8.81. The van der Waals surface area contributed by atoms with Crippen LogP contribution in [0.4, 0.5) is 5.69 Å². The van der Waals surface area contributed by atoms with Gasteiger partial charge in [0.05, 0.1) is 0 Å². The van der Waals surface area contributed by atoms with Crippen molar-refractivity contribution in [3.63, 3.8) is 0 Å². The number of hydrogen-bond acceptors (Lipinski definition) is 3. The quantitative estimate of drug-likeness (QED) is 0.646. The Labute approximate surface area is 114 Å². The molecule has 2 N–H and O–H groups in total. The SMILES string of the molecule is Cc1ccc(NC(=O)/C(C#N)=C\NC(C)(C)C)cc1. The molecule has 0 aliphatic heterocycles. The fourth-order valence-corrected chi connectivity index (χ4v) is 1.27. The molecule has 0 saturated heterocycles. The van der Waals surface area contributed by atoms with Crippen LogP contribution in [0.15, 0.2) is 36.0 Å². The number of anilines is 1. The highest BCUT2D eigenvalue weighted by Gasteiger charge is 2.12. The number of aryl methyl sites for hydroxylation is 1. The number of rotatable bonds is 3. The van der Waals surface area contributed by atoms with Crippen LogP contribution >= 0.6 is 0 Å². The number of amides is 1. The highest BCUT2D eigenvalue weighted by atomic mass is 16.1. The van der Waals surface area contributed by atoms with Crippen LogP contribution in [0.2, 0.25) is 0 Å². The third-order valence-corrected chi connectivity index (χ3v) is 2.32. The molecule has 0 heterocycles. The van der Waals surface area contributed by atoms with Gasteiger partial charge in [-0.1, -0.05) is 17.7 Å². The largest absolute Gasteiger partial charge is 0.385 e. The minimum absolute atomic E-state index is 0.0514. The van der Waals surface area contributed by atoms with Crippen molar-refractivity contribution in [1.29, 1.82) is 5.26 Å². The summed E-state index contributed by atoms with van der Waals surface area (Å²) in [5, 5.41) is 14.7. The first kappa shape index (κ1) is 14.8. The lowest BCUT2D eigenvalue weighted by atomic mass is 10.1. The maximum absolute atomic E-state index is 11.9. The summed E-state index contributed by atoms with van der Waals surface area (Å²) >= 11 is 0. The topological polar surface area (TPSA) is 64.9 Å². The van der Waals surface area contributed by atoms with Crippen molar-refractivity contribution in [3.8, 4) is 6.07 Å². The normalized spacial score (nSPS) is 11.6. The highest BCUT2D eigenvalue weighted by Crippen LogP contribution is 2.10. The molecule has 1 amide bonds. The van der Waals surface area contributed by atoms with Gasteiger partial charge in [-0.15, -0.1) is 0 Å². The molecule has 1 rings (SSSR count). The molecule has 19 heavy (non-hydrogen) atoms. The Hall–Kier alpha value is -2.28. The van der Waals surface area contributed by atoms with E-state index < -0.39 is 5.91 Å². The summed E-state index contributed by atoms with van der Waals surface area (Å²) in [7, 11) is 0. The third-order valence-electron chi connectivity index (χ3n) is 2.32. The standard InChI is InChI=1S/C15H19N3O/c1-11-5-7-13(8-6-11)18-14(19)12(9-16)10-17-15(2,3)4/h5-8,10,17H,1-4H3,(H,18,19)/b12-10-. The van der Waals surface area contributed by atoms with Crippen LogP contribution in [-0.4, -0.2) is 11.4 Å². The van der Waals surface area contributed by atoms with Crippen LogP contribution in [-0.2, 0) is 4.79 Å². The second kappa shape index (κ2) is 6.05. The second-order valence-corrected chi connectivity index (χ2v) is 5.38. The van der Waals surface area contributed by atoms with Crippen molar-refractivity contribution in [1.82, 2.24) is 5.32 Å². The highest BCUT2D eigenvalue weighted by molar-refractivity contribution is 6.06. The fourth-order valence-electron chi connectivity index (χ4n) is 1.27. The van der Waals surface area contributed by atoms with Crippen molar-refractivity contribution in [2.24, 2.45) is 0 Å². The molecule has 100 valence electrons. The van der Waals surface area contributed by atoms with Gasteiger partial charge >= 0.3 is 0 Å². The third kappa shape index (κ3) is 5.26. The van der Waals surface area contributed by atoms with E-state index in [2.05, 4.69) is 10.6 Å². The molecule has 1 aromatic carbocycles. The van der Waals surface area contributed by atoms with Crippen LogP contribution in [0.25, 0.3) is 0 Å². The Morgan fingerprint density at radius 3 is 2.32 bits per heavy atom. The van der Waals surface area contributed by atoms with Gasteiger partial charge in [-0.3, -0.25) is 4.79 Å². The van der Waals surface area contributed by atoms with Crippen molar-refractivity contribution >= 4 is 11.6 Å². The first-order valence-electron chi connectivity index (χ1n) is 6.08. The molecule has 4 heteroatoms. The summed E-state index contributed by atoms with van der Waals surface area (Å²) in [5.74, 6) is -0.414. The molecule has 0 fully saturated rings. The van der Waals surface area contributed by atoms with Gasteiger partial charge in [-0.2, -0.15) is 5.26 Å². The van der Waals surface area contributed by atoms with Crippen molar-refractivity contribution in [2.45, 2.75) is 33.2 Å². The van der Waals surface area contributed by atoms with E-state index in [4.69, 9.17) is 5.26 Å². The average Bonchev–Trinajstić information content (AvgIpc) is 2.31. The van der Waals surface area contributed by atoms with Crippen molar-refractivity contribution in [3.05, 3.63) is 41.6 Å². The maximum atomic E-state index is 11.9. The van der Waals surface area contributed by atoms with Gasteiger partial charge in [0.1, 0.15) is 11.6 Å². The molecular weight excluding hydrogens is 238 g/mol. The summed E-state index contributed by atoms with van der Waals surface area (Å²) in [4.78, 5) is 11.9. The Kier molecular flexibility index (Phi) is 4.71. The minimum Gasteiger partial charge on any atom is -0.385 e. The molecule has 0 unspecified atom stereocenters. The van der Waals surface area contributed by atoms with Gasteiger partial charge in [0.15, 0.2) is 0 Å². The molecule has 1 aromatic rings. The van der Waals surface area contributed by atoms with E-state index in [1.165, 1.54) is 6.20 Å². The van der Waals surface area contributed by atoms with Gasteiger partial charge in [-0.05, 0) is 39.8 Å². The Morgan fingerprint density at radius 2 is 1.84 bits per heavy atom. The zero-order chi connectivity index (χ0) is 14.5. The number of carbonyl (C=O) groups excluding carboxylic acids is 1. The zero-order valence-electron chi connectivity index (χ0n) is 11.7. The number of nitrogens with zero attached hydrogens (tertiary/aromatic N) is 1. The summed E-state index contributed by atoms with van der Waals surface area (Å²) in [6, 6.07) is 9.31. The molecule has 0 aromatic heterocycles. The Balaban J connectivity index is 2.75. The molecule has 0 radical (unpaired) electrons. The predicted octanol–water partition coefficient (Wildman–Crippen LogP) is 2.73. The summed E-state index contributed by atoms with van der Waals surface area (Å²) < 4.78 is 0. The predicted molar refractivity (Wildman–Crippen MR) is 76.4 cm³/mol. The van der Waals surface area contributed by atoms with Crippen molar-refractivity contribution in [2.75, 3.05) is 5.32 Å². The summed E-state index contributed by atoms with van der Waals surface area (Å²) in [6.45, 7) is 7.84. The van der Waals surface area contributed by atoms with Crippen molar-refractivity contribution < 1.29 is 4.79 Å². The lowest BCUT2D eigenvalue weighted by Gasteiger charge is -2.18. The van der Waals surface area contributed by atoms with E-state index in [0.29, 0.717) is 5.69 Å². The zero-order valence-corrected chi connectivity index (χ0v) is 11.7. The van der Waals surface area contributed by atoms with E-state index >= 15 is 0 Å². The fraction of sp³-hybridized carbons (Fsp3) is 0.333. The molecular formula is C15H19N3O. The minimum atomic E-state index is -0.414. The Bertz CT molecular complexity index is 516. The monoisotopic (exact) mass is 257 g/mol. The van der Waals surface area contributed by atoms with Gasteiger partial charge in [-0.25, -0.2) is 0 Å². The van der Waals surface area contributed by atoms with E-state index in [1.54, 1.807) is 12.1 Å². The van der Waals surface area contributed by atoms with Gasteiger partial charge < -0.3 is 10.6 Å². The molecule has 0 atom stereocenters. The molecule has 0 spiro atoms. The number of carbonyl (C=O) groups is 1. The maximum Gasteiger partial charge on any atom is 0.267 e. The van der Waals surface area contributed by atoms with Gasteiger partial charge in [0.2, 0.25) is 0 Å². The van der Waals surface area contributed by atoms with Crippen LogP contribution < -0.4 is 10.6 Å². The number of nitrogens with one attached hydrogen (secondary N) is 2. The van der Waals surface area contributed by atoms with Crippen LogP contribution in [0.3, 0.4) is 0 Å². The smallest absolute Gasteiger partial charge is 0.267 e. The van der Waals surface area contributed by atoms with Gasteiger partial charge in [0.25, 0.3) is 5.91 Å². The average molecular weight is 257 g/mol. The van der Waals surface area contributed by atoms with E-state index in [9.17, 15) is 4.79 Å². The second-order valence-electron chi connectivity index (χ2n) is 5.38. The summed E-state index contributed by atoms with van der Waals surface area (Å²) in [6.07, 6.45) is 1.45.